The molecule has 1 aliphatic rings. The normalized spacial score (nSPS) is 19.2. The highest BCUT2D eigenvalue weighted by Gasteiger charge is 2.38. The largest absolute Gasteiger partial charge is 0.490 e. The van der Waals surface area contributed by atoms with Gasteiger partial charge in [0.1, 0.15) is 0 Å². The number of thiazole rings is 1. The topological polar surface area (TPSA) is 91.3 Å². The van der Waals surface area contributed by atoms with Crippen molar-refractivity contribution in [3.05, 3.63) is 52.0 Å². The van der Waals surface area contributed by atoms with Gasteiger partial charge < -0.3 is 15.7 Å². The minimum atomic E-state index is -5.08. The Morgan fingerprint density at radius 2 is 1.81 bits per heavy atom. The Bertz CT molecular complexity index is 886. The molecule has 1 aliphatic heterocycles. The summed E-state index contributed by atoms with van der Waals surface area (Å²) in [6, 6.07) is 9.31. The van der Waals surface area contributed by atoms with Crippen molar-refractivity contribution in [1.82, 2.24) is 15.6 Å². The quantitative estimate of drug-likeness (QED) is 0.591. The van der Waals surface area contributed by atoms with Crippen molar-refractivity contribution in [2.75, 3.05) is 0 Å². The summed E-state index contributed by atoms with van der Waals surface area (Å²) in [6.07, 6.45) is -7.21. The van der Waals surface area contributed by atoms with Gasteiger partial charge in [0.2, 0.25) is 5.91 Å². The van der Waals surface area contributed by atoms with Gasteiger partial charge in [-0.3, -0.25) is 4.79 Å². The predicted molar refractivity (Wildman–Crippen MR) is 98.0 cm³/mol. The molecule has 2 atom stereocenters. The Morgan fingerprint density at radius 3 is 2.32 bits per heavy atom. The van der Waals surface area contributed by atoms with E-state index in [1.165, 1.54) is 6.20 Å². The molecule has 31 heavy (non-hydrogen) atoms. The molecule has 0 spiro atoms. The van der Waals surface area contributed by atoms with Crippen LogP contribution in [0.5, 0.6) is 0 Å². The van der Waals surface area contributed by atoms with Crippen molar-refractivity contribution in [1.29, 1.82) is 0 Å². The third-order valence-corrected chi connectivity index (χ3v) is 5.18. The predicted octanol–water partition coefficient (Wildman–Crippen LogP) is 3.90. The van der Waals surface area contributed by atoms with Crippen molar-refractivity contribution in [2.24, 2.45) is 0 Å². The molecule has 170 valence electrons. The molecule has 13 heteroatoms. The van der Waals surface area contributed by atoms with Crippen molar-refractivity contribution in [2.45, 2.75) is 43.8 Å². The van der Waals surface area contributed by atoms with E-state index in [0.717, 1.165) is 5.56 Å². The van der Waals surface area contributed by atoms with E-state index in [1.54, 1.807) is 0 Å². The first-order chi connectivity index (χ1) is 14.4. The maximum Gasteiger partial charge on any atom is 0.490 e. The van der Waals surface area contributed by atoms with Gasteiger partial charge in [-0.1, -0.05) is 30.3 Å². The number of rotatable bonds is 4. The highest BCUT2D eigenvalue weighted by atomic mass is 32.1. The van der Waals surface area contributed by atoms with E-state index in [1.807, 2.05) is 30.3 Å². The average molecular weight is 469 g/mol. The van der Waals surface area contributed by atoms with Crippen LogP contribution < -0.4 is 10.6 Å². The highest BCUT2D eigenvalue weighted by Crippen LogP contribution is 2.32. The molecule has 1 aromatic carbocycles. The molecule has 1 aromatic heterocycles. The lowest BCUT2D eigenvalue weighted by atomic mass is 9.92. The van der Waals surface area contributed by atoms with Gasteiger partial charge in [-0.05, 0) is 12.0 Å². The van der Waals surface area contributed by atoms with E-state index in [-0.39, 0.29) is 24.5 Å². The first-order valence-electron chi connectivity index (χ1n) is 8.77. The summed E-state index contributed by atoms with van der Waals surface area (Å²) in [5.41, 5.74) is 0.975. The molecule has 3 rings (SSSR count). The minimum absolute atomic E-state index is 0.0148. The Morgan fingerprint density at radius 1 is 1.19 bits per heavy atom. The molecule has 1 amide bonds. The van der Waals surface area contributed by atoms with Crippen molar-refractivity contribution < 1.29 is 41.0 Å². The SMILES string of the molecule is O=C(O)C(F)(F)F.O=C1CC[C@@H](NCc2cnc(C(F)(F)F)s2)[C@H](c2ccccc2)N1. The molecule has 1 fully saturated rings. The Labute approximate surface area is 176 Å². The van der Waals surface area contributed by atoms with Crippen LogP contribution >= 0.6 is 11.3 Å². The fourth-order valence-electron chi connectivity index (χ4n) is 2.75. The van der Waals surface area contributed by atoms with Crippen molar-refractivity contribution >= 4 is 23.2 Å². The molecule has 0 unspecified atom stereocenters. The maximum absolute atomic E-state index is 12.6. The van der Waals surface area contributed by atoms with E-state index in [2.05, 4.69) is 15.6 Å². The summed E-state index contributed by atoms with van der Waals surface area (Å²) < 4.78 is 69.5. The van der Waals surface area contributed by atoms with Gasteiger partial charge in [-0.2, -0.15) is 26.3 Å². The summed E-state index contributed by atoms with van der Waals surface area (Å²) in [7, 11) is 0. The Kier molecular flexibility index (Phi) is 8.01. The van der Waals surface area contributed by atoms with Crippen molar-refractivity contribution in [3.63, 3.8) is 0 Å². The first-order valence-corrected chi connectivity index (χ1v) is 9.59. The Balaban J connectivity index is 0.000000423. The number of amides is 1. The van der Waals surface area contributed by atoms with Crippen molar-refractivity contribution in [3.8, 4) is 0 Å². The zero-order chi connectivity index (χ0) is 23.2. The van der Waals surface area contributed by atoms with Gasteiger partial charge in [0.25, 0.3) is 0 Å². The third kappa shape index (κ3) is 7.51. The number of aromatic nitrogens is 1. The number of nitrogens with zero attached hydrogens (tertiary/aromatic N) is 1. The second-order valence-electron chi connectivity index (χ2n) is 6.41. The molecule has 6 nitrogen and oxygen atoms in total. The smallest absolute Gasteiger partial charge is 0.475 e. The molecule has 2 heterocycles. The molecule has 0 aliphatic carbocycles. The number of piperidine rings is 1. The summed E-state index contributed by atoms with van der Waals surface area (Å²) in [6.45, 7) is 0.289. The van der Waals surface area contributed by atoms with Crippen LogP contribution in [0.1, 0.15) is 34.3 Å². The lowest BCUT2D eigenvalue weighted by Crippen LogP contribution is -2.48. The second-order valence-corrected chi connectivity index (χ2v) is 7.53. The first kappa shape index (κ1) is 24.6. The van der Waals surface area contributed by atoms with Gasteiger partial charge in [-0.15, -0.1) is 11.3 Å². The van der Waals surface area contributed by atoms with Crippen LogP contribution in [0.2, 0.25) is 0 Å². The number of benzene rings is 1. The monoisotopic (exact) mass is 469 g/mol. The van der Waals surface area contributed by atoms with Crippen LogP contribution in [-0.4, -0.2) is 34.2 Å². The summed E-state index contributed by atoms with van der Waals surface area (Å²) in [4.78, 5) is 24.5. The number of hydrogen-bond acceptors (Lipinski definition) is 5. The molecule has 1 saturated heterocycles. The number of carbonyl (C=O) groups is 2. The van der Waals surface area contributed by atoms with E-state index in [0.29, 0.717) is 29.1 Å². The van der Waals surface area contributed by atoms with Gasteiger partial charge in [0, 0.05) is 30.1 Å². The molecule has 2 aromatic rings. The zero-order valence-corrected chi connectivity index (χ0v) is 16.4. The highest BCUT2D eigenvalue weighted by molar-refractivity contribution is 7.11. The average Bonchev–Trinajstić information content (AvgIpc) is 3.17. The molecule has 0 saturated carbocycles. The van der Waals surface area contributed by atoms with Crippen LogP contribution in [0.3, 0.4) is 0 Å². The number of aliphatic carboxylic acids is 1. The Hall–Kier alpha value is -2.67. The van der Waals surface area contributed by atoms with E-state index in [4.69, 9.17) is 9.90 Å². The number of nitrogens with one attached hydrogen (secondary N) is 2. The van der Waals surface area contributed by atoms with Gasteiger partial charge in [-0.25, -0.2) is 9.78 Å². The standard InChI is InChI=1S/C16H16F3N3OS.C2HF3O2/c17-16(18,19)15-21-9-11(24-15)8-20-12-6-7-13(23)22-14(12)10-4-2-1-3-5-10;3-2(4,5)1(6)7/h1-5,9,12,14,20H,6-8H2,(H,22,23);(H,6,7)/t12-,14+;/m1./s1. The van der Waals surface area contributed by atoms with E-state index < -0.39 is 23.3 Å². The fraction of sp³-hybridized carbons (Fsp3) is 0.389. The summed E-state index contributed by atoms with van der Waals surface area (Å²) in [5.74, 6) is -2.77. The second kappa shape index (κ2) is 10.1. The number of halogens is 6. The molecule has 3 N–H and O–H groups in total. The zero-order valence-electron chi connectivity index (χ0n) is 15.6. The fourth-order valence-corrected chi connectivity index (χ4v) is 3.48. The molecular weight excluding hydrogens is 452 g/mol. The molecule has 0 bridgehead atoms. The molecule has 0 radical (unpaired) electrons. The molecular formula is C18H17F6N3O3S. The lowest BCUT2D eigenvalue weighted by molar-refractivity contribution is -0.192. The van der Waals surface area contributed by atoms with Crippen LogP contribution in [0, 0.1) is 0 Å². The van der Waals surface area contributed by atoms with E-state index >= 15 is 0 Å². The van der Waals surface area contributed by atoms with Gasteiger partial charge >= 0.3 is 18.3 Å². The van der Waals surface area contributed by atoms with Crippen LogP contribution in [-0.2, 0) is 22.3 Å². The number of carbonyl (C=O) groups excluding carboxylic acids is 1. The third-order valence-electron chi connectivity index (χ3n) is 4.14. The van der Waals surface area contributed by atoms with Crippen LogP contribution in [0.15, 0.2) is 36.5 Å². The minimum Gasteiger partial charge on any atom is -0.475 e. The summed E-state index contributed by atoms with van der Waals surface area (Å²) in [5, 5.41) is 12.5. The van der Waals surface area contributed by atoms with Gasteiger partial charge in [0.05, 0.1) is 6.04 Å². The van der Waals surface area contributed by atoms with Gasteiger partial charge in [0.15, 0.2) is 5.01 Å². The number of hydrogen-bond donors (Lipinski definition) is 3. The maximum atomic E-state index is 12.6. The lowest BCUT2D eigenvalue weighted by Gasteiger charge is -2.33. The number of carboxylic acid groups (broad SMARTS) is 1. The van der Waals surface area contributed by atoms with Crippen LogP contribution in [0.25, 0.3) is 0 Å². The van der Waals surface area contributed by atoms with E-state index in [9.17, 15) is 31.1 Å². The van der Waals surface area contributed by atoms with Crippen LogP contribution in [0.4, 0.5) is 26.3 Å². The summed E-state index contributed by atoms with van der Waals surface area (Å²) >= 11 is 0.640. The number of alkyl halides is 6. The number of carboxylic acids is 1.